The molecule has 0 aliphatic carbocycles. The topological polar surface area (TPSA) is 54.4 Å². The van der Waals surface area contributed by atoms with Crippen molar-refractivity contribution in [2.24, 2.45) is 0 Å². The maximum atomic E-state index is 11.6. The van der Waals surface area contributed by atoms with Crippen molar-refractivity contribution in [3.63, 3.8) is 0 Å². The summed E-state index contributed by atoms with van der Waals surface area (Å²) in [5.74, 6) is -0.0719. The van der Waals surface area contributed by atoms with Gasteiger partial charge < -0.3 is 5.11 Å². The lowest BCUT2D eigenvalue weighted by molar-refractivity contribution is 0.342. The van der Waals surface area contributed by atoms with Crippen LogP contribution in [0.3, 0.4) is 0 Å². The SMILES string of the molecule is O=S(=O)(C/C=C/CO)c1ccccc1. The zero-order chi connectivity index (χ0) is 10.4. The van der Waals surface area contributed by atoms with E-state index in [9.17, 15) is 8.42 Å². The highest BCUT2D eigenvalue weighted by atomic mass is 32.2. The van der Waals surface area contributed by atoms with Crippen LogP contribution >= 0.6 is 0 Å². The Kier molecular flexibility index (Phi) is 3.85. The van der Waals surface area contributed by atoms with Gasteiger partial charge in [0.25, 0.3) is 0 Å². The molecule has 0 aliphatic heterocycles. The van der Waals surface area contributed by atoms with Crippen LogP contribution in [0.25, 0.3) is 0 Å². The highest BCUT2D eigenvalue weighted by Gasteiger charge is 2.10. The quantitative estimate of drug-likeness (QED) is 0.758. The summed E-state index contributed by atoms with van der Waals surface area (Å²) in [6, 6.07) is 8.25. The average Bonchev–Trinajstić information content (AvgIpc) is 2.19. The van der Waals surface area contributed by atoms with Gasteiger partial charge in [-0.15, -0.1) is 0 Å². The van der Waals surface area contributed by atoms with Crippen molar-refractivity contribution < 1.29 is 13.5 Å². The fourth-order valence-corrected chi connectivity index (χ4v) is 2.15. The summed E-state index contributed by atoms with van der Waals surface area (Å²) in [4.78, 5) is 0.308. The second kappa shape index (κ2) is 4.93. The van der Waals surface area contributed by atoms with Gasteiger partial charge in [-0.25, -0.2) is 8.42 Å². The molecule has 14 heavy (non-hydrogen) atoms. The summed E-state index contributed by atoms with van der Waals surface area (Å²) in [7, 11) is -3.23. The predicted octanol–water partition coefficient (Wildman–Crippen LogP) is 1.01. The first-order valence-corrected chi connectivity index (χ1v) is 5.86. The molecule has 0 unspecified atom stereocenters. The molecule has 4 heteroatoms. The fraction of sp³-hybridized carbons (Fsp3) is 0.200. The van der Waals surface area contributed by atoms with Gasteiger partial charge in [0.05, 0.1) is 17.3 Å². The summed E-state index contributed by atoms with van der Waals surface area (Å²) in [6.45, 7) is -0.135. The number of aliphatic hydroxyl groups excluding tert-OH is 1. The normalized spacial score (nSPS) is 12.1. The maximum Gasteiger partial charge on any atom is 0.181 e. The third-order valence-corrected chi connectivity index (χ3v) is 3.31. The Hall–Kier alpha value is -1.13. The van der Waals surface area contributed by atoms with Crippen LogP contribution in [0.15, 0.2) is 47.4 Å². The van der Waals surface area contributed by atoms with Crippen LogP contribution in [-0.4, -0.2) is 25.9 Å². The van der Waals surface area contributed by atoms with Crippen molar-refractivity contribution in [1.29, 1.82) is 0 Å². The number of benzene rings is 1. The molecule has 0 spiro atoms. The number of rotatable bonds is 4. The number of hydrogen-bond donors (Lipinski definition) is 1. The zero-order valence-corrected chi connectivity index (χ0v) is 8.44. The molecular formula is C10H12O3S. The molecule has 0 radical (unpaired) electrons. The Morgan fingerprint density at radius 2 is 1.79 bits per heavy atom. The Morgan fingerprint density at radius 1 is 1.14 bits per heavy atom. The largest absolute Gasteiger partial charge is 0.392 e. The van der Waals surface area contributed by atoms with Crippen LogP contribution in [-0.2, 0) is 9.84 Å². The van der Waals surface area contributed by atoms with Crippen LogP contribution in [0, 0.1) is 0 Å². The number of sulfone groups is 1. The first-order chi connectivity index (χ1) is 6.67. The third kappa shape index (κ3) is 2.97. The van der Waals surface area contributed by atoms with Crippen molar-refractivity contribution in [2.75, 3.05) is 12.4 Å². The van der Waals surface area contributed by atoms with E-state index in [1.54, 1.807) is 30.3 Å². The van der Waals surface area contributed by atoms with E-state index in [-0.39, 0.29) is 12.4 Å². The standard InChI is InChI=1S/C10H12O3S/c11-8-4-5-9-14(12,13)10-6-2-1-3-7-10/h1-7,11H,8-9H2/b5-4+. The molecule has 1 N–H and O–H groups in total. The molecule has 0 saturated carbocycles. The van der Waals surface area contributed by atoms with Gasteiger partial charge in [0.2, 0.25) is 0 Å². The summed E-state index contributed by atoms with van der Waals surface area (Å²) >= 11 is 0. The lowest BCUT2D eigenvalue weighted by Crippen LogP contribution is -2.04. The van der Waals surface area contributed by atoms with Gasteiger partial charge in [0, 0.05) is 0 Å². The Balaban J connectivity index is 2.82. The van der Waals surface area contributed by atoms with Gasteiger partial charge in [-0.1, -0.05) is 30.4 Å². The van der Waals surface area contributed by atoms with E-state index in [0.29, 0.717) is 4.90 Å². The molecule has 0 heterocycles. The molecule has 0 atom stereocenters. The van der Waals surface area contributed by atoms with E-state index in [4.69, 9.17) is 5.11 Å². The molecule has 3 nitrogen and oxygen atoms in total. The van der Waals surface area contributed by atoms with Gasteiger partial charge in [0.15, 0.2) is 9.84 Å². The van der Waals surface area contributed by atoms with Crippen LogP contribution in [0.4, 0.5) is 0 Å². The molecule has 1 aromatic carbocycles. The maximum absolute atomic E-state index is 11.6. The second-order valence-corrected chi connectivity index (χ2v) is 4.78. The molecule has 0 amide bonds. The van der Waals surface area contributed by atoms with Gasteiger partial charge >= 0.3 is 0 Å². The van der Waals surface area contributed by atoms with E-state index in [0.717, 1.165) is 0 Å². The molecule has 0 aliphatic rings. The highest BCUT2D eigenvalue weighted by molar-refractivity contribution is 7.91. The Bertz CT molecular complexity index is 393. The Morgan fingerprint density at radius 3 is 2.36 bits per heavy atom. The summed E-state index contributed by atoms with van der Waals surface area (Å²) in [5, 5.41) is 8.45. The summed E-state index contributed by atoms with van der Waals surface area (Å²) in [6.07, 6.45) is 2.86. The minimum absolute atomic E-state index is 0.0719. The minimum atomic E-state index is -3.23. The van der Waals surface area contributed by atoms with E-state index < -0.39 is 9.84 Å². The Labute approximate surface area is 83.6 Å². The predicted molar refractivity (Wildman–Crippen MR) is 54.7 cm³/mol. The zero-order valence-electron chi connectivity index (χ0n) is 7.63. The monoisotopic (exact) mass is 212 g/mol. The van der Waals surface area contributed by atoms with E-state index in [1.165, 1.54) is 12.2 Å². The molecule has 0 aromatic heterocycles. The molecule has 76 valence electrons. The molecule has 0 fully saturated rings. The van der Waals surface area contributed by atoms with Gasteiger partial charge in [-0.3, -0.25) is 0 Å². The van der Waals surface area contributed by atoms with Crippen molar-refractivity contribution >= 4 is 9.84 Å². The molecule has 0 saturated heterocycles. The van der Waals surface area contributed by atoms with E-state index in [1.807, 2.05) is 0 Å². The van der Waals surface area contributed by atoms with E-state index >= 15 is 0 Å². The lowest BCUT2D eigenvalue weighted by Gasteiger charge is -1.99. The second-order valence-electron chi connectivity index (χ2n) is 2.75. The van der Waals surface area contributed by atoms with E-state index in [2.05, 4.69) is 0 Å². The molecule has 0 bridgehead atoms. The molecular weight excluding hydrogens is 200 g/mol. The molecule has 1 aromatic rings. The van der Waals surface area contributed by atoms with Crippen molar-refractivity contribution in [2.45, 2.75) is 4.90 Å². The van der Waals surface area contributed by atoms with Gasteiger partial charge in [0.1, 0.15) is 0 Å². The minimum Gasteiger partial charge on any atom is -0.392 e. The van der Waals surface area contributed by atoms with Crippen LogP contribution in [0.5, 0.6) is 0 Å². The van der Waals surface area contributed by atoms with Crippen molar-refractivity contribution in [3.05, 3.63) is 42.5 Å². The fourth-order valence-electron chi connectivity index (χ4n) is 0.993. The first kappa shape index (κ1) is 10.9. The highest BCUT2D eigenvalue weighted by Crippen LogP contribution is 2.09. The summed E-state index contributed by atoms with van der Waals surface area (Å²) < 4.78 is 23.1. The van der Waals surface area contributed by atoms with Crippen molar-refractivity contribution in [3.8, 4) is 0 Å². The average molecular weight is 212 g/mol. The van der Waals surface area contributed by atoms with Crippen LogP contribution < -0.4 is 0 Å². The summed E-state index contributed by atoms with van der Waals surface area (Å²) in [5.41, 5.74) is 0. The van der Waals surface area contributed by atoms with Gasteiger partial charge in [-0.2, -0.15) is 0 Å². The number of aliphatic hydroxyl groups is 1. The molecule has 1 rings (SSSR count). The lowest BCUT2D eigenvalue weighted by atomic mass is 10.4. The smallest absolute Gasteiger partial charge is 0.181 e. The third-order valence-electron chi connectivity index (χ3n) is 1.69. The first-order valence-electron chi connectivity index (χ1n) is 4.20. The van der Waals surface area contributed by atoms with Gasteiger partial charge in [-0.05, 0) is 12.1 Å². The van der Waals surface area contributed by atoms with Crippen LogP contribution in [0.2, 0.25) is 0 Å². The number of hydrogen-bond acceptors (Lipinski definition) is 3. The van der Waals surface area contributed by atoms with Crippen LogP contribution in [0.1, 0.15) is 0 Å². The van der Waals surface area contributed by atoms with Crippen molar-refractivity contribution in [1.82, 2.24) is 0 Å².